The predicted octanol–water partition coefficient (Wildman–Crippen LogP) is 1.47. The van der Waals surface area contributed by atoms with Gasteiger partial charge in [-0.25, -0.2) is 0 Å². The Labute approximate surface area is 89.5 Å². The van der Waals surface area contributed by atoms with Crippen molar-refractivity contribution in [2.45, 2.75) is 31.6 Å². The fourth-order valence-electron chi connectivity index (χ4n) is 1.18. The van der Waals surface area contributed by atoms with Crippen LogP contribution in [0.5, 0.6) is 0 Å². The van der Waals surface area contributed by atoms with Crippen LogP contribution in [-0.2, 0) is 13.5 Å². The Bertz CT molecular complexity index is 273. The predicted molar refractivity (Wildman–Crippen MR) is 60.5 cm³/mol. The van der Waals surface area contributed by atoms with Crippen molar-refractivity contribution in [2.75, 3.05) is 5.75 Å². The monoisotopic (exact) mass is 214 g/mol. The second-order valence-corrected chi connectivity index (χ2v) is 5.33. The van der Waals surface area contributed by atoms with Gasteiger partial charge < -0.3 is 5.11 Å². The molecule has 1 aromatic rings. The summed E-state index contributed by atoms with van der Waals surface area (Å²) in [6.07, 6.45) is 2.27. The second-order valence-electron chi connectivity index (χ2n) is 3.72. The highest BCUT2D eigenvalue weighted by Gasteiger charge is 2.08. The molecule has 0 saturated carbocycles. The maximum Gasteiger partial charge on any atom is 0.0686 e. The van der Waals surface area contributed by atoms with Gasteiger partial charge in [-0.05, 0) is 11.3 Å². The van der Waals surface area contributed by atoms with Crippen LogP contribution in [0.2, 0.25) is 0 Å². The van der Waals surface area contributed by atoms with E-state index >= 15 is 0 Å². The zero-order valence-corrected chi connectivity index (χ0v) is 9.79. The van der Waals surface area contributed by atoms with Gasteiger partial charge in [0.25, 0.3) is 0 Å². The van der Waals surface area contributed by atoms with E-state index in [1.54, 1.807) is 16.4 Å². The average Bonchev–Trinajstić information content (AvgIpc) is 2.48. The van der Waals surface area contributed by atoms with Crippen LogP contribution in [0.4, 0.5) is 0 Å². The van der Waals surface area contributed by atoms with Crippen LogP contribution in [0, 0.1) is 0 Å². The lowest BCUT2D eigenvalue weighted by molar-refractivity contribution is 0.198. The Kier molecular flexibility index (Phi) is 4.48. The minimum atomic E-state index is -0.280. The summed E-state index contributed by atoms with van der Waals surface area (Å²) in [4.78, 5) is 0. The molecule has 1 unspecified atom stereocenters. The van der Waals surface area contributed by atoms with Crippen molar-refractivity contribution in [1.82, 2.24) is 9.78 Å². The molecule has 0 spiro atoms. The van der Waals surface area contributed by atoms with E-state index < -0.39 is 0 Å². The molecule has 0 saturated heterocycles. The van der Waals surface area contributed by atoms with Crippen molar-refractivity contribution in [3.05, 3.63) is 18.0 Å². The van der Waals surface area contributed by atoms with E-state index in [1.807, 2.05) is 19.3 Å². The van der Waals surface area contributed by atoms with Crippen molar-refractivity contribution in [3.8, 4) is 0 Å². The smallest absolute Gasteiger partial charge is 0.0686 e. The van der Waals surface area contributed by atoms with E-state index in [1.165, 1.54) is 0 Å². The highest BCUT2D eigenvalue weighted by Crippen LogP contribution is 2.12. The van der Waals surface area contributed by atoms with Crippen molar-refractivity contribution < 1.29 is 5.11 Å². The minimum absolute atomic E-state index is 0.280. The molecule has 0 aliphatic heterocycles. The summed E-state index contributed by atoms with van der Waals surface area (Å²) in [6, 6.07) is 1.95. The minimum Gasteiger partial charge on any atom is -0.392 e. The van der Waals surface area contributed by atoms with Gasteiger partial charge in [0.15, 0.2) is 0 Å². The third kappa shape index (κ3) is 4.15. The van der Waals surface area contributed by atoms with E-state index in [0.717, 1.165) is 11.4 Å². The summed E-state index contributed by atoms with van der Waals surface area (Å²) >= 11 is 1.78. The number of aryl methyl sites for hydroxylation is 1. The molecule has 0 bridgehead atoms. The van der Waals surface area contributed by atoms with Crippen molar-refractivity contribution in [2.24, 2.45) is 7.05 Å². The summed E-state index contributed by atoms with van der Waals surface area (Å²) < 4.78 is 1.76. The first-order chi connectivity index (χ1) is 6.58. The van der Waals surface area contributed by atoms with Gasteiger partial charge in [0, 0.05) is 25.4 Å². The maximum absolute atomic E-state index is 9.69. The normalized spacial score (nSPS) is 13.5. The van der Waals surface area contributed by atoms with E-state index in [2.05, 4.69) is 18.9 Å². The molecule has 0 aliphatic rings. The van der Waals surface area contributed by atoms with Crippen LogP contribution in [0.3, 0.4) is 0 Å². The van der Waals surface area contributed by atoms with Gasteiger partial charge in [0.1, 0.15) is 0 Å². The number of hydrogen-bond donors (Lipinski definition) is 1. The Morgan fingerprint density at radius 1 is 1.57 bits per heavy atom. The summed E-state index contributed by atoms with van der Waals surface area (Å²) in [7, 11) is 1.89. The van der Waals surface area contributed by atoms with Gasteiger partial charge >= 0.3 is 0 Å². The van der Waals surface area contributed by atoms with Gasteiger partial charge in [-0.15, -0.1) is 0 Å². The summed E-state index contributed by atoms with van der Waals surface area (Å²) in [5.41, 5.74) is 0.962. The van der Waals surface area contributed by atoms with E-state index in [0.29, 0.717) is 11.7 Å². The van der Waals surface area contributed by atoms with Gasteiger partial charge in [0.2, 0.25) is 0 Å². The van der Waals surface area contributed by atoms with Crippen LogP contribution in [0.25, 0.3) is 0 Å². The van der Waals surface area contributed by atoms with Crippen LogP contribution < -0.4 is 0 Å². The summed E-state index contributed by atoms with van der Waals surface area (Å²) in [6.45, 7) is 4.27. The molecule has 4 heteroatoms. The molecule has 3 nitrogen and oxygen atoms in total. The number of nitrogens with zero attached hydrogens (tertiary/aromatic N) is 2. The first kappa shape index (κ1) is 11.6. The standard InChI is InChI=1S/C10H18N2OS/c1-8(2)14-7-10(13)6-9-4-5-12(3)11-9/h4-5,8,10,13H,6-7H2,1-3H3. The number of rotatable bonds is 5. The first-order valence-corrected chi connectivity index (χ1v) is 5.91. The fraction of sp³-hybridized carbons (Fsp3) is 0.700. The Morgan fingerprint density at radius 3 is 2.79 bits per heavy atom. The molecule has 0 aromatic carbocycles. The Morgan fingerprint density at radius 2 is 2.29 bits per heavy atom. The lowest BCUT2D eigenvalue weighted by Gasteiger charge is -2.10. The molecule has 80 valence electrons. The average molecular weight is 214 g/mol. The molecule has 1 atom stereocenters. The Hall–Kier alpha value is -0.480. The van der Waals surface area contributed by atoms with Crippen LogP contribution in [0.1, 0.15) is 19.5 Å². The number of aliphatic hydroxyl groups is 1. The molecule has 1 heterocycles. The third-order valence-electron chi connectivity index (χ3n) is 1.84. The molecule has 1 N–H and O–H groups in total. The Balaban J connectivity index is 2.30. The van der Waals surface area contributed by atoms with E-state index in [9.17, 15) is 5.11 Å². The number of hydrogen-bond acceptors (Lipinski definition) is 3. The molecule has 0 aliphatic carbocycles. The van der Waals surface area contributed by atoms with Crippen LogP contribution in [0.15, 0.2) is 12.3 Å². The SMILES string of the molecule is CC(C)SCC(O)Cc1ccn(C)n1. The molecule has 0 fully saturated rings. The first-order valence-electron chi connectivity index (χ1n) is 4.86. The van der Waals surface area contributed by atoms with Crippen molar-refractivity contribution in [3.63, 3.8) is 0 Å². The zero-order valence-electron chi connectivity index (χ0n) is 8.97. The van der Waals surface area contributed by atoms with Gasteiger partial charge in [-0.2, -0.15) is 16.9 Å². The lowest BCUT2D eigenvalue weighted by atomic mass is 10.2. The molecule has 1 aromatic heterocycles. The highest BCUT2D eigenvalue weighted by molar-refractivity contribution is 7.99. The molecule has 14 heavy (non-hydrogen) atoms. The molecular formula is C10H18N2OS. The van der Waals surface area contributed by atoms with Gasteiger partial charge in [-0.3, -0.25) is 4.68 Å². The lowest BCUT2D eigenvalue weighted by Crippen LogP contribution is -2.15. The van der Waals surface area contributed by atoms with Gasteiger partial charge in [0.05, 0.1) is 11.8 Å². The largest absolute Gasteiger partial charge is 0.392 e. The summed E-state index contributed by atoms with van der Waals surface area (Å²) in [5, 5.41) is 14.5. The topological polar surface area (TPSA) is 38.0 Å². The summed E-state index contributed by atoms with van der Waals surface area (Å²) in [5.74, 6) is 0.786. The molecule has 0 amide bonds. The number of aromatic nitrogens is 2. The van der Waals surface area contributed by atoms with E-state index in [4.69, 9.17) is 0 Å². The van der Waals surface area contributed by atoms with Crippen LogP contribution >= 0.6 is 11.8 Å². The quantitative estimate of drug-likeness (QED) is 0.806. The van der Waals surface area contributed by atoms with Crippen LogP contribution in [-0.4, -0.2) is 32.0 Å². The molecule has 0 radical (unpaired) electrons. The van der Waals surface area contributed by atoms with E-state index in [-0.39, 0.29) is 6.10 Å². The molecule has 1 rings (SSSR count). The fourth-order valence-corrected chi connectivity index (χ4v) is 1.90. The number of thioether (sulfide) groups is 1. The zero-order chi connectivity index (χ0) is 10.6. The van der Waals surface area contributed by atoms with Crippen molar-refractivity contribution in [1.29, 1.82) is 0 Å². The molecular weight excluding hydrogens is 196 g/mol. The second kappa shape index (κ2) is 5.41. The van der Waals surface area contributed by atoms with Crippen molar-refractivity contribution >= 4 is 11.8 Å². The van der Waals surface area contributed by atoms with Gasteiger partial charge in [-0.1, -0.05) is 13.8 Å². The maximum atomic E-state index is 9.69. The highest BCUT2D eigenvalue weighted by atomic mass is 32.2. The number of aliphatic hydroxyl groups excluding tert-OH is 1. The third-order valence-corrected chi connectivity index (χ3v) is 3.08.